The summed E-state index contributed by atoms with van der Waals surface area (Å²) < 4.78 is 42.4. The third-order valence-corrected chi connectivity index (χ3v) is 2.34. The quantitative estimate of drug-likeness (QED) is 0.923. The number of pyridine rings is 1. The van der Waals surface area contributed by atoms with Gasteiger partial charge in [0.2, 0.25) is 5.89 Å². The second kappa shape index (κ2) is 5.56. The molecular formula is C11H8F3N5O. The Kier molecular flexibility index (Phi) is 3.84. The van der Waals surface area contributed by atoms with Crippen LogP contribution >= 0.6 is 0 Å². The maximum atomic E-state index is 12.5. The molecule has 104 valence electrons. The number of hydrogen-bond donors (Lipinski definition) is 1. The van der Waals surface area contributed by atoms with Crippen molar-refractivity contribution < 1.29 is 17.7 Å². The van der Waals surface area contributed by atoms with Crippen LogP contribution in [0.5, 0.6) is 0 Å². The summed E-state index contributed by atoms with van der Waals surface area (Å²) >= 11 is 0. The van der Waals surface area contributed by atoms with Crippen LogP contribution in [0.25, 0.3) is 0 Å². The highest BCUT2D eigenvalue weighted by molar-refractivity contribution is 5.52. The van der Waals surface area contributed by atoms with Crippen LogP contribution in [0.1, 0.15) is 17.1 Å². The molecule has 2 aromatic rings. The van der Waals surface area contributed by atoms with Crippen molar-refractivity contribution in [1.29, 1.82) is 5.26 Å². The molecular weight excluding hydrogens is 275 g/mol. The van der Waals surface area contributed by atoms with Crippen molar-refractivity contribution in [2.45, 2.75) is 12.6 Å². The summed E-state index contributed by atoms with van der Waals surface area (Å²) in [5, 5.41) is 14.9. The van der Waals surface area contributed by atoms with Gasteiger partial charge in [0.25, 0.3) is 0 Å². The Morgan fingerprint density at radius 2 is 2.15 bits per heavy atom. The topological polar surface area (TPSA) is 87.6 Å². The average Bonchev–Trinajstić information content (AvgIpc) is 2.90. The van der Waals surface area contributed by atoms with E-state index in [1.54, 1.807) is 6.07 Å². The van der Waals surface area contributed by atoms with E-state index in [1.807, 2.05) is 0 Å². The Morgan fingerprint density at radius 1 is 1.35 bits per heavy atom. The van der Waals surface area contributed by atoms with E-state index in [2.05, 4.69) is 20.4 Å². The molecule has 0 radical (unpaired) electrons. The van der Waals surface area contributed by atoms with Crippen LogP contribution in [-0.4, -0.2) is 21.7 Å². The summed E-state index contributed by atoms with van der Waals surface area (Å²) in [4.78, 5) is 7.17. The summed E-state index contributed by atoms with van der Waals surface area (Å²) in [5.74, 6) is 0.213. The van der Waals surface area contributed by atoms with Gasteiger partial charge in [0.1, 0.15) is 17.6 Å². The summed E-state index contributed by atoms with van der Waals surface area (Å²) in [5.41, 5.74) is -1.03. The highest BCUT2D eigenvalue weighted by Crippen LogP contribution is 2.29. The van der Waals surface area contributed by atoms with E-state index < -0.39 is 11.9 Å². The van der Waals surface area contributed by atoms with Crippen molar-refractivity contribution in [3.05, 3.63) is 35.6 Å². The third-order valence-electron chi connectivity index (χ3n) is 2.34. The van der Waals surface area contributed by atoms with E-state index in [-0.39, 0.29) is 17.9 Å². The van der Waals surface area contributed by atoms with Gasteiger partial charge < -0.3 is 9.84 Å². The minimum absolute atomic E-state index is 0.0310. The predicted molar refractivity (Wildman–Crippen MR) is 60.4 cm³/mol. The number of aromatic nitrogens is 3. The molecule has 0 aromatic carbocycles. The van der Waals surface area contributed by atoms with Crippen molar-refractivity contribution in [2.75, 3.05) is 11.9 Å². The van der Waals surface area contributed by atoms with Gasteiger partial charge in [0.15, 0.2) is 6.33 Å². The van der Waals surface area contributed by atoms with Gasteiger partial charge >= 0.3 is 6.18 Å². The molecule has 1 N–H and O–H groups in total. The van der Waals surface area contributed by atoms with Gasteiger partial charge in [-0.3, -0.25) is 0 Å². The van der Waals surface area contributed by atoms with E-state index in [0.717, 1.165) is 12.1 Å². The number of rotatable bonds is 4. The zero-order valence-electron chi connectivity index (χ0n) is 9.98. The smallest absolute Gasteiger partial charge is 0.368 e. The predicted octanol–water partition coefficient (Wildman–Crippen LogP) is 2.01. The molecule has 0 aliphatic carbocycles. The van der Waals surface area contributed by atoms with E-state index in [0.29, 0.717) is 12.3 Å². The lowest BCUT2D eigenvalue weighted by Gasteiger charge is -2.10. The van der Waals surface area contributed by atoms with Crippen molar-refractivity contribution in [1.82, 2.24) is 15.1 Å². The van der Waals surface area contributed by atoms with Gasteiger partial charge in [-0.1, -0.05) is 5.16 Å². The lowest BCUT2D eigenvalue weighted by Crippen LogP contribution is -2.13. The average molecular weight is 283 g/mol. The number of nitrogens with one attached hydrogen (secondary N) is 1. The Bertz CT molecular complexity index is 618. The minimum Gasteiger partial charge on any atom is -0.368 e. The molecule has 0 aliphatic rings. The summed E-state index contributed by atoms with van der Waals surface area (Å²) in [7, 11) is 0. The number of anilines is 1. The Balaban J connectivity index is 2.11. The monoisotopic (exact) mass is 283 g/mol. The van der Waals surface area contributed by atoms with Gasteiger partial charge in [-0.25, -0.2) is 4.98 Å². The molecule has 2 heterocycles. The first-order valence-corrected chi connectivity index (χ1v) is 5.48. The van der Waals surface area contributed by atoms with Crippen molar-refractivity contribution in [2.24, 2.45) is 0 Å². The lowest BCUT2D eigenvalue weighted by atomic mass is 10.2. The van der Waals surface area contributed by atoms with Crippen molar-refractivity contribution in [3.8, 4) is 6.07 Å². The minimum atomic E-state index is -4.56. The molecule has 0 spiro atoms. The number of nitrogens with zero attached hydrogens (tertiary/aromatic N) is 4. The molecule has 2 rings (SSSR count). The van der Waals surface area contributed by atoms with Crippen LogP contribution in [0.3, 0.4) is 0 Å². The van der Waals surface area contributed by atoms with E-state index >= 15 is 0 Å². The summed E-state index contributed by atoms with van der Waals surface area (Å²) in [6.07, 6.45) is -3.03. The molecule has 0 bridgehead atoms. The largest absolute Gasteiger partial charge is 0.433 e. The second-order valence-corrected chi connectivity index (χ2v) is 3.71. The Labute approximate surface area is 111 Å². The highest BCUT2D eigenvalue weighted by Gasteiger charge is 2.33. The van der Waals surface area contributed by atoms with Crippen LogP contribution in [-0.2, 0) is 12.6 Å². The van der Waals surface area contributed by atoms with Crippen LogP contribution in [0.2, 0.25) is 0 Å². The zero-order valence-corrected chi connectivity index (χ0v) is 9.98. The van der Waals surface area contributed by atoms with Crippen LogP contribution < -0.4 is 5.32 Å². The normalized spacial score (nSPS) is 11.1. The molecule has 6 nitrogen and oxygen atoms in total. The van der Waals surface area contributed by atoms with Crippen molar-refractivity contribution in [3.63, 3.8) is 0 Å². The second-order valence-electron chi connectivity index (χ2n) is 3.71. The number of nitriles is 1. The first-order chi connectivity index (χ1) is 9.50. The summed E-state index contributed by atoms with van der Waals surface area (Å²) in [6, 6.07) is 3.61. The first kappa shape index (κ1) is 13.8. The molecule has 20 heavy (non-hydrogen) atoms. The fourth-order valence-electron chi connectivity index (χ4n) is 1.44. The van der Waals surface area contributed by atoms with E-state index in [1.165, 1.54) is 6.33 Å². The molecule has 2 aromatic heterocycles. The fourth-order valence-corrected chi connectivity index (χ4v) is 1.44. The maximum Gasteiger partial charge on any atom is 0.433 e. The van der Waals surface area contributed by atoms with E-state index in [9.17, 15) is 13.2 Å². The third kappa shape index (κ3) is 3.23. The number of alkyl halides is 3. The molecule has 0 fully saturated rings. The van der Waals surface area contributed by atoms with Gasteiger partial charge in [-0.15, -0.1) is 0 Å². The molecule has 9 heteroatoms. The van der Waals surface area contributed by atoms with Gasteiger partial charge in [-0.2, -0.15) is 23.4 Å². The SMILES string of the molecule is N#Cc1ccc(C(F)(F)F)nc1NCCc1ncno1. The highest BCUT2D eigenvalue weighted by atomic mass is 19.4. The zero-order chi connectivity index (χ0) is 14.6. The maximum absolute atomic E-state index is 12.5. The van der Waals surface area contributed by atoms with E-state index in [4.69, 9.17) is 9.78 Å². The fraction of sp³-hybridized carbons (Fsp3) is 0.273. The molecule has 0 amide bonds. The number of halogens is 3. The molecule has 0 unspecified atom stereocenters. The van der Waals surface area contributed by atoms with Crippen LogP contribution in [0, 0.1) is 11.3 Å². The standard InChI is InChI=1S/C11H8F3N5O/c12-11(13,14)8-2-1-7(5-15)10(19-8)16-4-3-9-17-6-18-20-9/h1-2,6H,3-4H2,(H,16,19). The molecule has 0 aliphatic heterocycles. The molecule has 0 saturated heterocycles. The van der Waals surface area contributed by atoms with Gasteiger partial charge in [-0.05, 0) is 12.1 Å². The molecule has 0 atom stereocenters. The molecule has 0 saturated carbocycles. The van der Waals surface area contributed by atoms with Crippen LogP contribution in [0.4, 0.5) is 19.0 Å². The lowest BCUT2D eigenvalue weighted by molar-refractivity contribution is -0.141. The number of hydrogen-bond acceptors (Lipinski definition) is 6. The van der Waals surface area contributed by atoms with Gasteiger partial charge in [0, 0.05) is 13.0 Å². The van der Waals surface area contributed by atoms with Crippen LogP contribution in [0.15, 0.2) is 23.0 Å². The Morgan fingerprint density at radius 3 is 2.75 bits per heavy atom. The summed E-state index contributed by atoms with van der Waals surface area (Å²) in [6.45, 7) is 0.213. The van der Waals surface area contributed by atoms with Crippen molar-refractivity contribution >= 4 is 5.82 Å². The van der Waals surface area contributed by atoms with Gasteiger partial charge in [0.05, 0.1) is 5.56 Å². The first-order valence-electron chi connectivity index (χ1n) is 5.48. The Hall–Kier alpha value is -2.63.